The highest BCUT2D eigenvalue weighted by Gasteiger charge is 2.18. The Labute approximate surface area is 155 Å². The summed E-state index contributed by atoms with van der Waals surface area (Å²) in [5, 5.41) is 5.30. The van der Waals surface area contributed by atoms with E-state index in [0.29, 0.717) is 15.7 Å². The highest BCUT2D eigenvalue weighted by molar-refractivity contribution is 7.17. The van der Waals surface area contributed by atoms with Crippen LogP contribution in [-0.2, 0) is 16.0 Å². The Bertz CT molecular complexity index is 973. The first-order valence-corrected chi connectivity index (χ1v) is 8.92. The van der Waals surface area contributed by atoms with Gasteiger partial charge in [0.1, 0.15) is 11.5 Å². The maximum Gasteiger partial charge on any atom is 0.350 e. The van der Waals surface area contributed by atoms with Crippen LogP contribution in [0.2, 0.25) is 0 Å². The minimum atomic E-state index is -0.463. The van der Waals surface area contributed by atoms with Gasteiger partial charge in [0.2, 0.25) is 5.91 Å². The van der Waals surface area contributed by atoms with E-state index in [9.17, 15) is 9.59 Å². The second-order valence-corrected chi connectivity index (χ2v) is 6.68. The molecule has 0 fully saturated rings. The number of esters is 1. The Morgan fingerprint density at radius 1 is 1.23 bits per heavy atom. The topological polar surface area (TPSA) is 68.3 Å². The summed E-state index contributed by atoms with van der Waals surface area (Å²) in [6, 6.07) is 13.8. The van der Waals surface area contributed by atoms with Crippen molar-refractivity contribution in [2.45, 2.75) is 13.3 Å². The highest BCUT2D eigenvalue weighted by Crippen LogP contribution is 2.24. The van der Waals surface area contributed by atoms with Crippen LogP contribution >= 0.6 is 11.3 Å². The number of fused-ring (bicyclic) bond motifs is 1. The first-order chi connectivity index (χ1) is 12.6. The third-order valence-electron chi connectivity index (χ3n) is 3.79. The number of carbonyl (C=O) groups is 2. The van der Waals surface area contributed by atoms with Crippen molar-refractivity contribution in [2.75, 3.05) is 11.9 Å². The maximum absolute atomic E-state index is 12.4. The molecule has 0 unspecified atom stereocenters. The standard InChI is InChI=1S/C20H18N2O3S/c1-3-11-25-19(24)18-13(2)21-20(26-18)22-17(23)12-15-9-6-8-14-7-4-5-10-16(14)15/h3-10H,1,11-12H2,2H3,(H,21,22,23). The van der Waals surface area contributed by atoms with E-state index in [1.807, 2.05) is 42.5 Å². The number of nitrogens with zero attached hydrogens (tertiary/aromatic N) is 1. The van der Waals surface area contributed by atoms with Gasteiger partial charge in [0.25, 0.3) is 0 Å². The molecule has 26 heavy (non-hydrogen) atoms. The lowest BCUT2D eigenvalue weighted by molar-refractivity contribution is -0.115. The van der Waals surface area contributed by atoms with Gasteiger partial charge in [-0.15, -0.1) is 0 Å². The van der Waals surface area contributed by atoms with Gasteiger partial charge in [0, 0.05) is 0 Å². The molecule has 1 aromatic heterocycles. The van der Waals surface area contributed by atoms with E-state index in [1.54, 1.807) is 6.92 Å². The van der Waals surface area contributed by atoms with Crippen LogP contribution in [0.5, 0.6) is 0 Å². The molecule has 6 heteroatoms. The van der Waals surface area contributed by atoms with E-state index >= 15 is 0 Å². The molecule has 0 bridgehead atoms. The van der Waals surface area contributed by atoms with Crippen molar-refractivity contribution < 1.29 is 14.3 Å². The van der Waals surface area contributed by atoms with Crippen molar-refractivity contribution in [1.29, 1.82) is 0 Å². The number of aromatic nitrogens is 1. The Hall–Kier alpha value is -2.99. The fourth-order valence-corrected chi connectivity index (χ4v) is 3.50. The van der Waals surface area contributed by atoms with Gasteiger partial charge < -0.3 is 10.1 Å². The van der Waals surface area contributed by atoms with E-state index in [4.69, 9.17) is 4.74 Å². The Morgan fingerprint density at radius 3 is 2.81 bits per heavy atom. The zero-order valence-corrected chi connectivity index (χ0v) is 15.1. The lowest BCUT2D eigenvalue weighted by Gasteiger charge is -2.06. The van der Waals surface area contributed by atoms with Crippen LogP contribution in [-0.4, -0.2) is 23.5 Å². The third kappa shape index (κ3) is 3.97. The minimum Gasteiger partial charge on any atom is -0.457 e. The number of nitrogens with one attached hydrogen (secondary N) is 1. The summed E-state index contributed by atoms with van der Waals surface area (Å²) in [5.41, 5.74) is 1.48. The lowest BCUT2D eigenvalue weighted by atomic mass is 10.0. The second-order valence-electron chi connectivity index (χ2n) is 5.68. The number of carbonyl (C=O) groups excluding carboxylic acids is 2. The van der Waals surface area contributed by atoms with Crippen molar-refractivity contribution in [3.63, 3.8) is 0 Å². The number of anilines is 1. The molecule has 0 spiro atoms. The van der Waals surface area contributed by atoms with Gasteiger partial charge >= 0.3 is 5.97 Å². The van der Waals surface area contributed by atoms with E-state index in [-0.39, 0.29) is 18.9 Å². The number of ether oxygens (including phenoxy) is 1. The van der Waals surface area contributed by atoms with Gasteiger partial charge in [0.15, 0.2) is 5.13 Å². The molecule has 1 heterocycles. The molecule has 0 saturated carbocycles. The predicted molar refractivity (Wildman–Crippen MR) is 104 cm³/mol. The van der Waals surface area contributed by atoms with Crippen molar-refractivity contribution in [2.24, 2.45) is 0 Å². The SMILES string of the molecule is C=CCOC(=O)c1sc(NC(=O)Cc2cccc3ccccc23)nc1C. The molecule has 1 amide bonds. The molecule has 0 atom stereocenters. The van der Waals surface area contributed by atoms with Crippen LogP contribution in [0.1, 0.15) is 20.9 Å². The Balaban J connectivity index is 1.72. The highest BCUT2D eigenvalue weighted by atomic mass is 32.1. The fourth-order valence-electron chi connectivity index (χ4n) is 2.62. The maximum atomic E-state index is 12.4. The van der Waals surface area contributed by atoms with Crippen molar-refractivity contribution in [3.8, 4) is 0 Å². The monoisotopic (exact) mass is 366 g/mol. The minimum absolute atomic E-state index is 0.138. The molecular formula is C20H18N2O3S. The van der Waals surface area contributed by atoms with Crippen molar-refractivity contribution >= 4 is 39.1 Å². The van der Waals surface area contributed by atoms with E-state index < -0.39 is 5.97 Å². The zero-order valence-electron chi connectivity index (χ0n) is 14.3. The zero-order chi connectivity index (χ0) is 18.5. The van der Waals surface area contributed by atoms with Crippen molar-refractivity contribution in [1.82, 2.24) is 4.98 Å². The van der Waals surface area contributed by atoms with Gasteiger partial charge in [-0.25, -0.2) is 9.78 Å². The van der Waals surface area contributed by atoms with Gasteiger partial charge in [-0.05, 0) is 23.3 Å². The number of thiazole rings is 1. The molecular weight excluding hydrogens is 348 g/mol. The molecule has 5 nitrogen and oxygen atoms in total. The second kappa shape index (κ2) is 7.93. The average Bonchev–Trinajstić information content (AvgIpc) is 3.00. The summed E-state index contributed by atoms with van der Waals surface area (Å²) in [4.78, 5) is 29.0. The van der Waals surface area contributed by atoms with Crippen LogP contribution in [0.4, 0.5) is 5.13 Å². The number of benzene rings is 2. The van der Waals surface area contributed by atoms with Gasteiger partial charge in [-0.2, -0.15) is 0 Å². The smallest absolute Gasteiger partial charge is 0.350 e. The molecule has 0 radical (unpaired) electrons. The van der Waals surface area contributed by atoms with E-state index in [1.165, 1.54) is 6.08 Å². The molecule has 3 rings (SSSR count). The van der Waals surface area contributed by atoms with Crippen LogP contribution in [0, 0.1) is 6.92 Å². The molecule has 0 aliphatic rings. The van der Waals surface area contributed by atoms with Crippen LogP contribution in [0.3, 0.4) is 0 Å². The molecule has 0 saturated heterocycles. The summed E-state index contributed by atoms with van der Waals surface area (Å²) >= 11 is 1.11. The number of rotatable bonds is 6. The first-order valence-electron chi connectivity index (χ1n) is 8.10. The summed E-state index contributed by atoms with van der Waals surface area (Å²) in [6.07, 6.45) is 1.73. The number of amides is 1. The largest absolute Gasteiger partial charge is 0.457 e. The normalized spacial score (nSPS) is 10.5. The van der Waals surface area contributed by atoms with Crippen LogP contribution in [0.15, 0.2) is 55.1 Å². The summed E-state index contributed by atoms with van der Waals surface area (Å²) in [5.74, 6) is -0.643. The molecule has 0 aliphatic carbocycles. The summed E-state index contributed by atoms with van der Waals surface area (Å²) < 4.78 is 5.02. The number of hydrogen-bond acceptors (Lipinski definition) is 5. The van der Waals surface area contributed by atoms with E-state index in [2.05, 4.69) is 16.9 Å². The lowest BCUT2D eigenvalue weighted by Crippen LogP contribution is -2.14. The van der Waals surface area contributed by atoms with Crippen LogP contribution < -0.4 is 5.32 Å². The molecule has 3 aromatic rings. The van der Waals surface area contributed by atoms with Gasteiger partial charge in [-0.1, -0.05) is 66.5 Å². The van der Waals surface area contributed by atoms with Gasteiger partial charge in [0.05, 0.1) is 12.1 Å². The van der Waals surface area contributed by atoms with Crippen molar-refractivity contribution in [3.05, 3.63) is 71.3 Å². The number of hydrogen-bond donors (Lipinski definition) is 1. The Morgan fingerprint density at radius 2 is 2.00 bits per heavy atom. The van der Waals surface area contributed by atoms with Gasteiger partial charge in [-0.3, -0.25) is 4.79 Å². The van der Waals surface area contributed by atoms with Crippen LogP contribution in [0.25, 0.3) is 10.8 Å². The summed E-state index contributed by atoms with van der Waals surface area (Å²) in [7, 11) is 0. The quantitative estimate of drug-likeness (QED) is 0.526. The third-order valence-corrected chi connectivity index (χ3v) is 4.84. The first kappa shape index (κ1) is 17.8. The summed E-state index contributed by atoms with van der Waals surface area (Å²) in [6.45, 7) is 5.36. The molecule has 0 aliphatic heterocycles. The fraction of sp³-hybridized carbons (Fsp3) is 0.150. The molecule has 2 aromatic carbocycles. The molecule has 1 N–H and O–H groups in total. The Kier molecular flexibility index (Phi) is 5.43. The average molecular weight is 366 g/mol. The predicted octanol–water partition coefficient (Wildman–Crippen LogP) is 4.13. The molecule has 132 valence electrons. The number of aryl methyl sites for hydroxylation is 1. The van der Waals surface area contributed by atoms with E-state index in [0.717, 1.165) is 27.7 Å².